The highest BCUT2D eigenvalue weighted by atomic mass is 79.9. The first-order chi connectivity index (χ1) is 11.6. The quantitative estimate of drug-likeness (QED) is 0.803. The minimum absolute atomic E-state index is 0.00122. The van der Waals surface area contributed by atoms with E-state index in [1.807, 2.05) is 12.1 Å². The van der Waals surface area contributed by atoms with Crippen molar-refractivity contribution in [2.45, 2.75) is 37.6 Å². The van der Waals surface area contributed by atoms with Gasteiger partial charge in [0.1, 0.15) is 0 Å². The summed E-state index contributed by atoms with van der Waals surface area (Å²) in [5, 5.41) is 8.99. The van der Waals surface area contributed by atoms with Gasteiger partial charge in [-0.1, -0.05) is 28.1 Å². The molecule has 0 bridgehead atoms. The first-order valence-electron chi connectivity index (χ1n) is 8.41. The van der Waals surface area contributed by atoms with Crippen LogP contribution in [-0.4, -0.2) is 47.7 Å². The number of hydrogen-bond acceptors (Lipinski definition) is 3. The van der Waals surface area contributed by atoms with Gasteiger partial charge in [-0.2, -0.15) is 0 Å². The molecule has 1 aliphatic heterocycles. The zero-order valence-corrected chi connectivity index (χ0v) is 15.1. The molecule has 1 N–H and O–H groups in total. The van der Waals surface area contributed by atoms with Gasteiger partial charge in [0.25, 0.3) is 0 Å². The number of carbonyl (C=O) groups is 2. The molecule has 1 aliphatic carbocycles. The van der Waals surface area contributed by atoms with E-state index in [1.165, 1.54) is 5.56 Å². The predicted molar refractivity (Wildman–Crippen MR) is 92.8 cm³/mol. The third-order valence-corrected chi connectivity index (χ3v) is 5.42. The molecule has 0 spiro atoms. The summed E-state index contributed by atoms with van der Waals surface area (Å²) in [6.45, 7) is 1.58. The van der Waals surface area contributed by atoms with Gasteiger partial charge in [-0.05, 0) is 42.9 Å². The molecule has 0 radical (unpaired) electrons. The minimum Gasteiger partial charge on any atom is -0.481 e. The largest absolute Gasteiger partial charge is 0.481 e. The fraction of sp³-hybridized carbons (Fsp3) is 0.556. The van der Waals surface area contributed by atoms with Crippen molar-refractivity contribution >= 4 is 27.8 Å². The topological polar surface area (TPSA) is 66.8 Å². The second kappa shape index (κ2) is 7.66. The fourth-order valence-electron chi connectivity index (χ4n) is 3.44. The van der Waals surface area contributed by atoms with Crippen LogP contribution in [0.5, 0.6) is 0 Å². The number of carbonyl (C=O) groups excluding carboxylic acids is 1. The highest BCUT2D eigenvalue weighted by Gasteiger charge is 2.46. The number of ether oxygens (including phenoxy) is 1. The zero-order valence-electron chi connectivity index (χ0n) is 13.5. The Labute approximate surface area is 150 Å². The number of amides is 1. The van der Waals surface area contributed by atoms with Gasteiger partial charge >= 0.3 is 5.97 Å². The lowest BCUT2D eigenvalue weighted by molar-refractivity contribution is -0.141. The number of halogens is 1. The molecule has 1 amide bonds. The zero-order chi connectivity index (χ0) is 17.1. The van der Waals surface area contributed by atoms with Gasteiger partial charge in [-0.25, -0.2) is 0 Å². The summed E-state index contributed by atoms with van der Waals surface area (Å²) in [6, 6.07) is 8.21. The molecule has 24 heavy (non-hydrogen) atoms. The highest BCUT2D eigenvalue weighted by Crippen LogP contribution is 2.49. The van der Waals surface area contributed by atoms with Crippen molar-refractivity contribution in [2.24, 2.45) is 5.92 Å². The Morgan fingerprint density at radius 3 is 2.50 bits per heavy atom. The van der Waals surface area contributed by atoms with Crippen LogP contribution in [0.25, 0.3) is 0 Å². The molecule has 2 aliphatic rings. The average Bonchev–Trinajstić information content (AvgIpc) is 3.37. The number of hydrogen-bond donors (Lipinski definition) is 1. The van der Waals surface area contributed by atoms with Crippen LogP contribution in [0.3, 0.4) is 0 Å². The van der Waals surface area contributed by atoms with Crippen molar-refractivity contribution in [3.63, 3.8) is 0 Å². The van der Waals surface area contributed by atoms with Crippen molar-refractivity contribution in [3.8, 4) is 0 Å². The molecular formula is C18H22BrNO4. The summed E-state index contributed by atoms with van der Waals surface area (Å²) in [4.78, 5) is 25.7. The molecule has 130 valence electrons. The molecule has 1 saturated heterocycles. The van der Waals surface area contributed by atoms with E-state index in [-0.39, 0.29) is 30.2 Å². The van der Waals surface area contributed by atoms with Crippen LogP contribution in [0.15, 0.2) is 28.7 Å². The molecule has 6 heteroatoms. The van der Waals surface area contributed by atoms with E-state index >= 15 is 0 Å². The Kier molecular flexibility index (Phi) is 5.56. The van der Waals surface area contributed by atoms with Crippen LogP contribution in [0.4, 0.5) is 0 Å². The number of benzene rings is 1. The average molecular weight is 396 g/mol. The lowest BCUT2D eigenvalue weighted by atomic mass is 10.0. The Morgan fingerprint density at radius 2 is 1.88 bits per heavy atom. The molecule has 3 rings (SSSR count). The Bertz CT molecular complexity index is 598. The Morgan fingerprint density at radius 1 is 1.21 bits per heavy atom. The monoisotopic (exact) mass is 395 g/mol. The SMILES string of the molecule is O=C(O)CCN(C(=O)[C@H]1C[C@@H]1c1ccc(Br)cc1)C1CCOCC1. The molecule has 2 fully saturated rings. The summed E-state index contributed by atoms with van der Waals surface area (Å²) in [6.07, 6.45) is 2.44. The Balaban J connectivity index is 1.66. The first-order valence-corrected chi connectivity index (χ1v) is 9.21. The van der Waals surface area contributed by atoms with Crippen LogP contribution in [0, 0.1) is 5.92 Å². The molecule has 0 unspecified atom stereocenters. The summed E-state index contributed by atoms with van der Waals surface area (Å²) < 4.78 is 6.40. The molecule has 1 aromatic carbocycles. The maximum absolute atomic E-state index is 13.0. The number of carboxylic acid groups (broad SMARTS) is 1. The first kappa shape index (κ1) is 17.4. The third-order valence-electron chi connectivity index (χ3n) is 4.89. The van der Waals surface area contributed by atoms with Crippen molar-refractivity contribution in [1.82, 2.24) is 4.90 Å². The van der Waals surface area contributed by atoms with E-state index in [4.69, 9.17) is 9.84 Å². The molecule has 1 saturated carbocycles. The number of rotatable bonds is 6. The van der Waals surface area contributed by atoms with Crippen LogP contribution in [0.2, 0.25) is 0 Å². The van der Waals surface area contributed by atoms with E-state index in [9.17, 15) is 9.59 Å². The molecule has 1 heterocycles. The number of carboxylic acids is 1. The summed E-state index contributed by atoms with van der Waals surface area (Å²) in [5.74, 6) is -0.503. The van der Waals surface area contributed by atoms with E-state index in [1.54, 1.807) is 4.90 Å². The van der Waals surface area contributed by atoms with Gasteiger partial charge in [0, 0.05) is 36.2 Å². The van der Waals surface area contributed by atoms with E-state index in [2.05, 4.69) is 28.1 Å². The predicted octanol–water partition coefficient (Wildman–Crippen LogP) is 3.03. The van der Waals surface area contributed by atoms with Crippen LogP contribution in [-0.2, 0) is 14.3 Å². The van der Waals surface area contributed by atoms with Gasteiger partial charge in [0.2, 0.25) is 5.91 Å². The Hall–Kier alpha value is -1.40. The van der Waals surface area contributed by atoms with Crippen LogP contribution in [0.1, 0.15) is 37.2 Å². The highest BCUT2D eigenvalue weighted by molar-refractivity contribution is 9.10. The third kappa shape index (κ3) is 4.16. The van der Waals surface area contributed by atoms with E-state index < -0.39 is 5.97 Å². The maximum Gasteiger partial charge on any atom is 0.305 e. The van der Waals surface area contributed by atoms with E-state index in [0.717, 1.165) is 23.7 Å². The molecular weight excluding hydrogens is 374 g/mol. The minimum atomic E-state index is -0.861. The van der Waals surface area contributed by atoms with Gasteiger partial charge in [-0.15, -0.1) is 0 Å². The number of nitrogens with zero attached hydrogens (tertiary/aromatic N) is 1. The molecule has 2 atom stereocenters. The second-order valence-corrected chi connectivity index (χ2v) is 7.43. The van der Waals surface area contributed by atoms with Crippen molar-refractivity contribution < 1.29 is 19.4 Å². The lowest BCUT2D eigenvalue weighted by Crippen LogP contribution is -2.45. The van der Waals surface area contributed by atoms with Crippen molar-refractivity contribution in [1.29, 1.82) is 0 Å². The summed E-state index contributed by atoms with van der Waals surface area (Å²) >= 11 is 3.43. The number of aliphatic carboxylic acids is 1. The van der Waals surface area contributed by atoms with Gasteiger partial charge < -0.3 is 14.7 Å². The second-order valence-electron chi connectivity index (χ2n) is 6.52. The normalized spacial score (nSPS) is 23.7. The fourth-order valence-corrected chi connectivity index (χ4v) is 3.71. The smallest absolute Gasteiger partial charge is 0.305 e. The van der Waals surface area contributed by atoms with Gasteiger partial charge in [0.05, 0.1) is 6.42 Å². The van der Waals surface area contributed by atoms with Gasteiger partial charge in [0.15, 0.2) is 0 Å². The van der Waals surface area contributed by atoms with Crippen molar-refractivity contribution in [2.75, 3.05) is 19.8 Å². The summed E-state index contributed by atoms with van der Waals surface area (Å²) in [7, 11) is 0. The molecule has 5 nitrogen and oxygen atoms in total. The summed E-state index contributed by atoms with van der Waals surface area (Å²) in [5.41, 5.74) is 1.18. The van der Waals surface area contributed by atoms with E-state index in [0.29, 0.717) is 19.8 Å². The van der Waals surface area contributed by atoms with Crippen LogP contribution >= 0.6 is 15.9 Å². The molecule has 0 aromatic heterocycles. The standard InChI is InChI=1S/C18H22BrNO4/c19-13-3-1-12(2-4-13)15-11-16(15)18(23)20(8-5-17(21)22)14-6-9-24-10-7-14/h1-4,14-16H,5-11H2,(H,21,22)/t15-,16+/m1/s1. The van der Waals surface area contributed by atoms with Gasteiger partial charge in [-0.3, -0.25) is 9.59 Å². The van der Waals surface area contributed by atoms with Crippen LogP contribution < -0.4 is 0 Å². The van der Waals surface area contributed by atoms with Crippen molar-refractivity contribution in [3.05, 3.63) is 34.3 Å². The maximum atomic E-state index is 13.0. The molecule has 1 aromatic rings. The lowest BCUT2D eigenvalue weighted by Gasteiger charge is -2.34.